The second-order valence-corrected chi connectivity index (χ2v) is 6.61. The molecule has 0 heterocycles. The highest BCUT2D eigenvalue weighted by molar-refractivity contribution is 5.81. The summed E-state index contributed by atoms with van der Waals surface area (Å²) in [5, 5.41) is 3.55. The number of para-hydroxylation sites is 2. The molecule has 0 fully saturated rings. The van der Waals surface area contributed by atoms with E-state index in [1.165, 1.54) is 0 Å². The predicted molar refractivity (Wildman–Crippen MR) is 110 cm³/mol. The van der Waals surface area contributed by atoms with E-state index in [-0.39, 0.29) is 11.8 Å². The van der Waals surface area contributed by atoms with Gasteiger partial charge in [-0.05, 0) is 29.8 Å². The molecule has 4 heteroatoms. The third-order valence-corrected chi connectivity index (χ3v) is 4.18. The van der Waals surface area contributed by atoms with Crippen molar-refractivity contribution in [3.63, 3.8) is 0 Å². The third-order valence-electron chi connectivity index (χ3n) is 4.18. The molecule has 27 heavy (non-hydrogen) atoms. The topological polar surface area (TPSA) is 35.6 Å². The number of amides is 1. The SMILES string of the molecule is CC(C)C(=O)N(NCc1ccccc1)N(c1ccccc1)c1ccccc1. The van der Waals surface area contributed by atoms with Gasteiger partial charge in [-0.25, -0.2) is 10.4 Å². The maximum atomic E-state index is 13.1. The van der Waals surface area contributed by atoms with Crippen molar-refractivity contribution >= 4 is 17.3 Å². The van der Waals surface area contributed by atoms with Gasteiger partial charge in [-0.2, -0.15) is 5.12 Å². The van der Waals surface area contributed by atoms with Crippen LogP contribution in [-0.4, -0.2) is 11.0 Å². The molecule has 0 aliphatic carbocycles. The Hall–Kier alpha value is -3.11. The van der Waals surface area contributed by atoms with Crippen molar-refractivity contribution in [2.45, 2.75) is 20.4 Å². The van der Waals surface area contributed by atoms with Crippen molar-refractivity contribution in [2.24, 2.45) is 5.92 Å². The van der Waals surface area contributed by atoms with Crippen molar-refractivity contribution in [1.82, 2.24) is 10.5 Å². The summed E-state index contributed by atoms with van der Waals surface area (Å²) < 4.78 is 0. The molecule has 0 atom stereocenters. The quantitative estimate of drug-likeness (QED) is 0.608. The van der Waals surface area contributed by atoms with Crippen LogP contribution >= 0.6 is 0 Å². The van der Waals surface area contributed by atoms with E-state index in [1.54, 1.807) is 5.12 Å². The Balaban J connectivity index is 1.98. The zero-order chi connectivity index (χ0) is 19.1. The maximum absolute atomic E-state index is 13.1. The molecule has 4 nitrogen and oxygen atoms in total. The predicted octanol–water partition coefficient (Wildman–Crippen LogP) is 4.93. The van der Waals surface area contributed by atoms with Crippen LogP contribution in [0.15, 0.2) is 91.0 Å². The van der Waals surface area contributed by atoms with E-state index in [0.29, 0.717) is 6.54 Å². The Morgan fingerprint density at radius 3 is 1.67 bits per heavy atom. The van der Waals surface area contributed by atoms with E-state index in [1.807, 2.05) is 110 Å². The molecule has 0 saturated carbocycles. The molecule has 0 bridgehead atoms. The lowest BCUT2D eigenvalue weighted by molar-refractivity contribution is -0.138. The first kappa shape index (κ1) is 18.7. The van der Waals surface area contributed by atoms with Gasteiger partial charge in [-0.3, -0.25) is 4.79 Å². The van der Waals surface area contributed by atoms with Crippen LogP contribution in [-0.2, 0) is 11.3 Å². The number of nitrogens with zero attached hydrogens (tertiary/aromatic N) is 2. The molecule has 0 unspecified atom stereocenters. The van der Waals surface area contributed by atoms with Crippen LogP contribution in [0.1, 0.15) is 19.4 Å². The lowest BCUT2D eigenvalue weighted by Crippen LogP contribution is -2.53. The van der Waals surface area contributed by atoms with Gasteiger partial charge >= 0.3 is 0 Å². The smallest absolute Gasteiger partial charge is 0.258 e. The van der Waals surface area contributed by atoms with Gasteiger partial charge in [0.2, 0.25) is 0 Å². The van der Waals surface area contributed by atoms with Crippen LogP contribution in [0.25, 0.3) is 0 Å². The zero-order valence-electron chi connectivity index (χ0n) is 15.7. The molecule has 1 N–H and O–H groups in total. The summed E-state index contributed by atoms with van der Waals surface area (Å²) in [6.07, 6.45) is 0. The fourth-order valence-electron chi connectivity index (χ4n) is 2.77. The zero-order valence-corrected chi connectivity index (χ0v) is 15.7. The summed E-state index contributed by atoms with van der Waals surface area (Å²) in [5.41, 5.74) is 6.27. The third kappa shape index (κ3) is 4.74. The lowest BCUT2D eigenvalue weighted by atomic mass is 10.2. The molecule has 3 rings (SSSR count). The fraction of sp³-hybridized carbons (Fsp3) is 0.174. The molecule has 0 aliphatic rings. The summed E-state index contributed by atoms with van der Waals surface area (Å²) in [6.45, 7) is 4.37. The highest BCUT2D eigenvalue weighted by atomic mass is 16.2. The first-order valence-electron chi connectivity index (χ1n) is 9.18. The van der Waals surface area contributed by atoms with E-state index in [4.69, 9.17) is 0 Å². The molecular formula is C23H25N3O. The van der Waals surface area contributed by atoms with Gasteiger partial charge in [0.1, 0.15) is 0 Å². The van der Waals surface area contributed by atoms with Crippen LogP contribution in [0.2, 0.25) is 0 Å². The number of hydrazine groups is 2. The Labute approximate surface area is 161 Å². The number of anilines is 2. The largest absolute Gasteiger partial charge is 0.271 e. The van der Waals surface area contributed by atoms with E-state index >= 15 is 0 Å². The van der Waals surface area contributed by atoms with Crippen LogP contribution in [0, 0.1) is 5.92 Å². The van der Waals surface area contributed by atoms with Crippen molar-refractivity contribution in [2.75, 3.05) is 5.01 Å². The van der Waals surface area contributed by atoms with Crippen LogP contribution in [0.5, 0.6) is 0 Å². The second kappa shape index (κ2) is 9.01. The standard InChI is InChI=1S/C23H25N3O/c1-19(2)23(27)26(24-18-20-12-6-3-7-13-20)25(21-14-8-4-9-15-21)22-16-10-5-11-17-22/h3-17,19,24H,18H2,1-2H3. The minimum atomic E-state index is -0.150. The van der Waals surface area contributed by atoms with Crippen molar-refractivity contribution in [3.8, 4) is 0 Å². The summed E-state index contributed by atoms with van der Waals surface area (Å²) in [4.78, 5) is 13.1. The van der Waals surface area contributed by atoms with Crippen LogP contribution in [0.3, 0.4) is 0 Å². The molecular weight excluding hydrogens is 334 g/mol. The molecule has 0 saturated heterocycles. The number of nitrogens with one attached hydrogen (secondary N) is 1. The van der Waals surface area contributed by atoms with Gasteiger partial charge in [-0.1, -0.05) is 80.6 Å². The number of carbonyl (C=O) groups is 1. The summed E-state index contributed by atoms with van der Waals surface area (Å²) >= 11 is 0. The van der Waals surface area contributed by atoms with Gasteiger partial charge in [0.25, 0.3) is 5.91 Å². The molecule has 1 amide bonds. The Morgan fingerprint density at radius 1 is 0.778 bits per heavy atom. The van der Waals surface area contributed by atoms with Crippen molar-refractivity contribution in [1.29, 1.82) is 0 Å². The van der Waals surface area contributed by atoms with Crippen molar-refractivity contribution < 1.29 is 4.79 Å². The molecule has 0 aliphatic heterocycles. The Morgan fingerprint density at radius 2 is 1.22 bits per heavy atom. The minimum absolute atomic E-state index is 0.00126. The number of hydrogen-bond acceptors (Lipinski definition) is 3. The van der Waals surface area contributed by atoms with E-state index in [9.17, 15) is 4.79 Å². The second-order valence-electron chi connectivity index (χ2n) is 6.61. The van der Waals surface area contributed by atoms with Gasteiger partial charge < -0.3 is 0 Å². The first-order valence-corrected chi connectivity index (χ1v) is 9.18. The number of carbonyl (C=O) groups excluding carboxylic acids is 1. The number of hydrogen-bond donors (Lipinski definition) is 1. The Bertz CT molecular complexity index is 796. The summed E-state index contributed by atoms with van der Waals surface area (Å²) in [7, 11) is 0. The van der Waals surface area contributed by atoms with Crippen molar-refractivity contribution in [3.05, 3.63) is 96.6 Å². The normalized spacial score (nSPS) is 10.6. The molecule has 0 spiro atoms. The van der Waals surface area contributed by atoms with E-state index in [0.717, 1.165) is 16.9 Å². The molecule has 138 valence electrons. The molecule has 0 radical (unpaired) electrons. The Kier molecular flexibility index (Phi) is 6.23. The average Bonchev–Trinajstić information content (AvgIpc) is 2.72. The minimum Gasteiger partial charge on any atom is -0.271 e. The molecule has 3 aromatic carbocycles. The number of rotatable bonds is 7. The van der Waals surface area contributed by atoms with E-state index < -0.39 is 0 Å². The maximum Gasteiger partial charge on any atom is 0.258 e. The highest BCUT2D eigenvalue weighted by Crippen LogP contribution is 2.27. The lowest BCUT2D eigenvalue weighted by Gasteiger charge is -2.37. The van der Waals surface area contributed by atoms with E-state index in [2.05, 4.69) is 5.43 Å². The molecule has 3 aromatic rings. The van der Waals surface area contributed by atoms with Gasteiger partial charge in [0.05, 0.1) is 11.4 Å². The van der Waals surface area contributed by atoms with Gasteiger partial charge in [0.15, 0.2) is 0 Å². The monoisotopic (exact) mass is 359 g/mol. The highest BCUT2D eigenvalue weighted by Gasteiger charge is 2.25. The molecule has 0 aromatic heterocycles. The number of benzene rings is 3. The summed E-state index contributed by atoms with van der Waals surface area (Å²) in [6, 6.07) is 29.9. The average molecular weight is 359 g/mol. The van der Waals surface area contributed by atoms with Crippen LogP contribution in [0.4, 0.5) is 11.4 Å². The van der Waals surface area contributed by atoms with Crippen LogP contribution < -0.4 is 10.4 Å². The first-order chi connectivity index (χ1) is 13.2. The fourth-order valence-corrected chi connectivity index (χ4v) is 2.77. The van der Waals surface area contributed by atoms with Gasteiger partial charge in [0, 0.05) is 12.5 Å². The summed E-state index contributed by atoms with van der Waals surface area (Å²) in [5.74, 6) is -0.151. The van der Waals surface area contributed by atoms with Gasteiger partial charge in [-0.15, -0.1) is 0 Å².